The Morgan fingerprint density at radius 1 is 1.12 bits per heavy atom. The molecule has 1 fully saturated rings. The van der Waals surface area contributed by atoms with E-state index < -0.39 is 15.6 Å². The Balaban J connectivity index is 1.64. The number of aromatic nitrogens is 1. The zero-order chi connectivity index (χ0) is 16.6. The Kier molecular flexibility index (Phi) is 3.53. The van der Waals surface area contributed by atoms with Crippen LogP contribution in [-0.4, -0.2) is 42.2 Å². The molecule has 1 atom stereocenters. The summed E-state index contributed by atoms with van der Waals surface area (Å²) in [6.45, 7) is 0.728. The summed E-state index contributed by atoms with van der Waals surface area (Å²) in [6.07, 6.45) is 4.88. The third kappa shape index (κ3) is 2.45. The molecule has 1 aromatic heterocycles. The lowest BCUT2D eigenvalue weighted by molar-refractivity contribution is -0.0594. The standard InChI is InChI=1S/C17H17N3O3S/c21-24(22,15-5-2-1-3-6-15)13-17-9-4-12-20(17)16(19-23-17)14-7-10-18-11-8-14/h1-3,5-8,10-11H,4,9,12-13H2. The molecule has 1 aromatic carbocycles. The van der Waals surface area contributed by atoms with Gasteiger partial charge in [0.2, 0.25) is 5.72 Å². The molecule has 0 aliphatic carbocycles. The maximum absolute atomic E-state index is 12.8. The van der Waals surface area contributed by atoms with Crippen LogP contribution in [0.25, 0.3) is 0 Å². The van der Waals surface area contributed by atoms with Crippen molar-refractivity contribution in [1.29, 1.82) is 0 Å². The van der Waals surface area contributed by atoms with Gasteiger partial charge in [-0.05, 0) is 30.7 Å². The smallest absolute Gasteiger partial charge is 0.225 e. The molecular formula is C17H17N3O3S. The largest absolute Gasteiger partial charge is 0.364 e. The molecule has 124 valence electrons. The number of rotatable bonds is 4. The molecule has 1 saturated heterocycles. The fourth-order valence-corrected chi connectivity index (χ4v) is 5.00. The van der Waals surface area contributed by atoms with Gasteiger partial charge in [0.15, 0.2) is 15.7 Å². The van der Waals surface area contributed by atoms with Gasteiger partial charge in [0.1, 0.15) is 5.75 Å². The van der Waals surface area contributed by atoms with Crippen molar-refractivity contribution >= 4 is 15.7 Å². The Morgan fingerprint density at radius 2 is 1.88 bits per heavy atom. The Morgan fingerprint density at radius 3 is 2.62 bits per heavy atom. The fourth-order valence-electron chi connectivity index (χ4n) is 3.32. The van der Waals surface area contributed by atoms with Crippen molar-refractivity contribution < 1.29 is 13.3 Å². The van der Waals surface area contributed by atoms with Gasteiger partial charge in [0.05, 0.1) is 4.90 Å². The number of oxime groups is 1. The molecule has 2 aliphatic rings. The van der Waals surface area contributed by atoms with Crippen molar-refractivity contribution in [2.75, 3.05) is 12.3 Å². The van der Waals surface area contributed by atoms with E-state index in [2.05, 4.69) is 10.1 Å². The van der Waals surface area contributed by atoms with Crippen LogP contribution in [0.3, 0.4) is 0 Å². The lowest BCUT2D eigenvalue weighted by atomic mass is 10.1. The summed E-state index contributed by atoms with van der Waals surface area (Å²) in [4.78, 5) is 12.0. The van der Waals surface area contributed by atoms with Gasteiger partial charge in [0, 0.05) is 30.9 Å². The third-order valence-electron chi connectivity index (χ3n) is 4.46. The number of hydrogen-bond donors (Lipinski definition) is 0. The zero-order valence-electron chi connectivity index (χ0n) is 13.0. The summed E-state index contributed by atoms with van der Waals surface area (Å²) >= 11 is 0. The highest BCUT2D eigenvalue weighted by atomic mass is 32.2. The molecule has 6 nitrogen and oxygen atoms in total. The fraction of sp³-hybridized carbons (Fsp3) is 0.294. The van der Waals surface area contributed by atoms with E-state index in [0.29, 0.717) is 17.2 Å². The molecule has 0 bridgehead atoms. The molecule has 0 radical (unpaired) electrons. The summed E-state index contributed by atoms with van der Waals surface area (Å²) in [5.74, 6) is 0.570. The SMILES string of the molecule is O=S(=O)(CC12CCCN1C(c1ccncc1)=NO2)c1ccccc1. The third-order valence-corrected chi connectivity index (χ3v) is 6.28. The molecule has 1 unspecified atom stereocenters. The Hall–Kier alpha value is -2.41. The highest BCUT2D eigenvalue weighted by Gasteiger charge is 2.52. The van der Waals surface area contributed by atoms with Gasteiger partial charge in [-0.2, -0.15) is 0 Å². The molecule has 0 amide bonds. The lowest BCUT2D eigenvalue weighted by Crippen LogP contribution is -2.48. The number of nitrogens with zero attached hydrogens (tertiary/aromatic N) is 3. The van der Waals surface area contributed by atoms with E-state index in [9.17, 15) is 8.42 Å². The van der Waals surface area contributed by atoms with E-state index >= 15 is 0 Å². The maximum atomic E-state index is 12.8. The quantitative estimate of drug-likeness (QED) is 0.849. The predicted octanol–water partition coefficient (Wildman–Crippen LogP) is 2.04. The molecule has 4 rings (SSSR count). The highest BCUT2D eigenvalue weighted by Crippen LogP contribution is 2.39. The van der Waals surface area contributed by atoms with Crippen molar-refractivity contribution in [3.05, 3.63) is 60.4 Å². The summed E-state index contributed by atoms with van der Waals surface area (Å²) in [7, 11) is -3.47. The molecular weight excluding hydrogens is 326 g/mol. The second-order valence-corrected chi connectivity index (χ2v) is 8.01. The van der Waals surface area contributed by atoms with Crippen LogP contribution in [0.15, 0.2) is 64.9 Å². The number of sulfone groups is 1. The molecule has 0 spiro atoms. The van der Waals surface area contributed by atoms with Crippen LogP contribution in [0.5, 0.6) is 0 Å². The van der Waals surface area contributed by atoms with E-state index in [1.807, 2.05) is 17.0 Å². The predicted molar refractivity (Wildman–Crippen MR) is 89.0 cm³/mol. The first kappa shape index (κ1) is 15.1. The van der Waals surface area contributed by atoms with Crippen molar-refractivity contribution in [1.82, 2.24) is 9.88 Å². The highest BCUT2D eigenvalue weighted by molar-refractivity contribution is 7.91. The average molecular weight is 343 g/mol. The van der Waals surface area contributed by atoms with Crippen molar-refractivity contribution in [2.24, 2.45) is 5.16 Å². The minimum Gasteiger partial charge on any atom is -0.364 e. The second kappa shape index (κ2) is 5.59. The first-order chi connectivity index (χ1) is 11.6. The van der Waals surface area contributed by atoms with E-state index in [1.54, 1.807) is 42.7 Å². The van der Waals surface area contributed by atoms with Gasteiger partial charge in [0.25, 0.3) is 0 Å². The van der Waals surface area contributed by atoms with Crippen LogP contribution in [0.2, 0.25) is 0 Å². The van der Waals surface area contributed by atoms with Crippen molar-refractivity contribution in [3.63, 3.8) is 0 Å². The number of benzene rings is 1. The van der Waals surface area contributed by atoms with E-state index in [1.165, 1.54) is 0 Å². The maximum Gasteiger partial charge on any atom is 0.225 e. The molecule has 7 heteroatoms. The molecule has 2 aromatic rings. The van der Waals surface area contributed by atoms with Gasteiger partial charge in [-0.3, -0.25) is 4.98 Å². The molecule has 2 aliphatic heterocycles. The Labute approximate surface area is 140 Å². The molecule has 0 saturated carbocycles. The van der Waals surface area contributed by atoms with Crippen LogP contribution in [0.1, 0.15) is 18.4 Å². The number of fused-ring (bicyclic) bond motifs is 1. The molecule has 3 heterocycles. The summed E-state index contributed by atoms with van der Waals surface area (Å²) < 4.78 is 25.6. The Bertz CT molecular complexity index is 868. The van der Waals surface area contributed by atoms with E-state index in [4.69, 9.17) is 4.84 Å². The van der Waals surface area contributed by atoms with Gasteiger partial charge >= 0.3 is 0 Å². The molecule has 0 N–H and O–H groups in total. The zero-order valence-corrected chi connectivity index (χ0v) is 13.8. The summed E-state index contributed by atoms with van der Waals surface area (Å²) in [5, 5.41) is 4.19. The second-order valence-electron chi connectivity index (χ2n) is 6.02. The summed E-state index contributed by atoms with van der Waals surface area (Å²) in [5.41, 5.74) is -0.0290. The van der Waals surface area contributed by atoms with Crippen LogP contribution < -0.4 is 0 Å². The number of amidine groups is 1. The monoisotopic (exact) mass is 343 g/mol. The van der Waals surface area contributed by atoms with Crippen LogP contribution in [-0.2, 0) is 14.7 Å². The summed E-state index contributed by atoms with van der Waals surface area (Å²) in [6, 6.07) is 12.2. The van der Waals surface area contributed by atoms with Crippen LogP contribution in [0, 0.1) is 0 Å². The molecule has 24 heavy (non-hydrogen) atoms. The van der Waals surface area contributed by atoms with Crippen molar-refractivity contribution in [2.45, 2.75) is 23.5 Å². The van der Waals surface area contributed by atoms with E-state index in [-0.39, 0.29) is 5.75 Å². The topological polar surface area (TPSA) is 71.9 Å². The minimum atomic E-state index is -3.47. The van der Waals surface area contributed by atoms with E-state index in [0.717, 1.165) is 18.5 Å². The number of hydrogen-bond acceptors (Lipinski definition) is 6. The average Bonchev–Trinajstić information content (AvgIpc) is 3.14. The first-order valence-corrected chi connectivity index (χ1v) is 9.48. The minimum absolute atomic E-state index is 0.109. The van der Waals surface area contributed by atoms with Crippen LogP contribution >= 0.6 is 0 Å². The lowest BCUT2D eigenvalue weighted by Gasteiger charge is -2.30. The van der Waals surface area contributed by atoms with Gasteiger partial charge < -0.3 is 9.74 Å². The normalized spacial score (nSPS) is 22.8. The first-order valence-electron chi connectivity index (χ1n) is 7.83. The van der Waals surface area contributed by atoms with Gasteiger partial charge in [-0.1, -0.05) is 23.4 Å². The van der Waals surface area contributed by atoms with Gasteiger partial charge in [-0.15, -0.1) is 0 Å². The number of pyridine rings is 1. The van der Waals surface area contributed by atoms with Crippen LogP contribution in [0.4, 0.5) is 0 Å². The van der Waals surface area contributed by atoms with Gasteiger partial charge in [-0.25, -0.2) is 8.42 Å². The van der Waals surface area contributed by atoms with Crippen molar-refractivity contribution in [3.8, 4) is 0 Å².